The summed E-state index contributed by atoms with van der Waals surface area (Å²) in [6.45, 7) is 8.04. The number of nitrogens with zero attached hydrogens (tertiary/aromatic N) is 3. The van der Waals surface area contributed by atoms with E-state index < -0.39 is 12.7 Å². The molecular weight excluding hydrogens is 500 g/mol. The summed E-state index contributed by atoms with van der Waals surface area (Å²) in [6.07, 6.45) is 0.891. The van der Waals surface area contributed by atoms with E-state index in [-0.39, 0.29) is 23.9 Å². The van der Waals surface area contributed by atoms with E-state index in [0.29, 0.717) is 16.2 Å². The van der Waals surface area contributed by atoms with Gasteiger partial charge in [0.2, 0.25) is 0 Å². The van der Waals surface area contributed by atoms with Crippen LogP contribution in [0.1, 0.15) is 31.9 Å². The number of hydrogen-bond acceptors (Lipinski definition) is 3. The predicted octanol–water partition coefficient (Wildman–Crippen LogP) is 6.27. The molecule has 0 bridgehead atoms. The third-order valence-corrected chi connectivity index (χ3v) is 5.78. The topological polar surface area (TPSA) is 51.3 Å². The molecule has 10 heteroatoms. The molecule has 1 atom stereocenters. The summed E-state index contributed by atoms with van der Waals surface area (Å²) < 4.78 is 40.1. The van der Waals surface area contributed by atoms with Crippen LogP contribution in [0.25, 0.3) is 22.5 Å². The fourth-order valence-corrected chi connectivity index (χ4v) is 3.62. The number of aromatic nitrogens is 3. The fourth-order valence-electron chi connectivity index (χ4n) is 3.39. The van der Waals surface area contributed by atoms with Gasteiger partial charge in [0.05, 0.1) is 12.2 Å². The van der Waals surface area contributed by atoms with E-state index in [9.17, 15) is 18.0 Å². The summed E-state index contributed by atoms with van der Waals surface area (Å²) in [5.74, 6) is 0. The van der Waals surface area contributed by atoms with Crippen LogP contribution in [0.2, 0.25) is 5.02 Å². The van der Waals surface area contributed by atoms with E-state index >= 15 is 0 Å². The number of aryl methyl sites for hydroxylation is 1. The Bertz CT molecular complexity index is 1260. The monoisotopic (exact) mass is 528 g/mol. The summed E-state index contributed by atoms with van der Waals surface area (Å²) in [5, 5.41) is 2.97. The molecule has 1 aromatic carbocycles. The summed E-state index contributed by atoms with van der Waals surface area (Å²) in [6, 6.07) is 7.34. The van der Waals surface area contributed by atoms with Crippen molar-refractivity contribution in [3.8, 4) is 11.3 Å². The van der Waals surface area contributed by atoms with Crippen LogP contribution in [0.3, 0.4) is 0 Å². The van der Waals surface area contributed by atoms with Crippen LogP contribution in [0.5, 0.6) is 0 Å². The number of hydrogen-bond donors (Lipinski definition) is 1. The highest BCUT2D eigenvalue weighted by Gasteiger charge is 2.26. The summed E-state index contributed by atoms with van der Waals surface area (Å²) >= 11 is 11.8. The Balaban J connectivity index is 0.000000784. The molecule has 0 saturated heterocycles. The van der Waals surface area contributed by atoms with E-state index in [1.165, 1.54) is 10.7 Å². The second-order valence-electron chi connectivity index (χ2n) is 7.88. The number of halogens is 5. The molecule has 3 aromatic rings. The Kier molecular flexibility index (Phi) is 10.2. The third kappa shape index (κ3) is 7.22. The van der Waals surface area contributed by atoms with Gasteiger partial charge in [-0.05, 0) is 45.4 Å². The largest absolute Gasteiger partial charge is 0.401 e. The first kappa shape index (κ1) is 28.7. The van der Waals surface area contributed by atoms with Crippen LogP contribution in [0.15, 0.2) is 54.0 Å². The molecule has 0 amide bonds. The van der Waals surface area contributed by atoms with Crippen molar-refractivity contribution in [2.75, 3.05) is 13.1 Å². The second kappa shape index (κ2) is 12.4. The van der Waals surface area contributed by atoms with Crippen LogP contribution in [-0.2, 0) is 13.5 Å². The van der Waals surface area contributed by atoms with Gasteiger partial charge in [0, 0.05) is 40.3 Å². The molecule has 0 aliphatic carbocycles. The van der Waals surface area contributed by atoms with Crippen molar-refractivity contribution in [2.45, 2.75) is 38.7 Å². The highest BCUT2D eigenvalue weighted by atomic mass is 35.5. The number of allylic oxidation sites excluding steroid dienone is 3. The molecule has 0 saturated carbocycles. The molecule has 0 spiro atoms. The van der Waals surface area contributed by atoms with Gasteiger partial charge in [0.15, 0.2) is 5.65 Å². The van der Waals surface area contributed by atoms with Crippen molar-refractivity contribution in [3.05, 3.63) is 75.7 Å². The first-order chi connectivity index (χ1) is 16.4. The number of rotatable bonds is 7. The number of nitrogens with one attached hydrogen (secondary N) is 1. The Morgan fingerprint density at radius 3 is 2.49 bits per heavy atom. The van der Waals surface area contributed by atoms with Gasteiger partial charge in [-0.15, -0.1) is 18.2 Å². The van der Waals surface area contributed by atoms with E-state index in [4.69, 9.17) is 23.2 Å². The van der Waals surface area contributed by atoms with Crippen molar-refractivity contribution in [2.24, 2.45) is 7.05 Å². The minimum absolute atomic E-state index is 0.0189. The lowest BCUT2D eigenvalue weighted by Gasteiger charge is -2.09. The Morgan fingerprint density at radius 2 is 1.94 bits per heavy atom. The summed E-state index contributed by atoms with van der Waals surface area (Å²) in [5.41, 5.74) is 3.70. The molecule has 0 fully saturated rings. The molecule has 2 heterocycles. The molecule has 35 heavy (non-hydrogen) atoms. The van der Waals surface area contributed by atoms with Crippen LogP contribution in [-0.4, -0.2) is 38.8 Å². The normalized spacial score (nSPS) is 12.9. The standard InChI is InChI=1S/C21H22ClF3N4O.C4H7Cl/c1-4-13(2)17-18(15-7-5-6-8-16(15)22)28(3)29-19(17)27-11-14(20(29)30)9-10-26-12-21(23,24)25;1-3-4(2)5/h4-8,11,26H,9-10,12H2,1-3H3;3-4H,1H2,2H3/b13-4+;. The second-order valence-corrected chi connectivity index (χ2v) is 8.97. The van der Waals surface area contributed by atoms with Crippen LogP contribution < -0.4 is 10.9 Å². The zero-order valence-electron chi connectivity index (χ0n) is 20.1. The van der Waals surface area contributed by atoms with Crippen LogP contribution >= 0.6 is 23.2 Å². The minimum Gasteiger partial charge on any atom is -0.308 e. The maximum Gasteiger partial charge on any atom is 0.401 e. The summed E-state index contributed by atoms with van der Waals surface area (Å²) in [7, 11) is 1.74. The van der Waals surface area contributed by atoms with Gasteiger partial charge in [-0.3, -0.25) is 9.48 Å². The van der Waals surface area contributed by atoms with E-state index in [1.54, 1.807) is 23.9 Å². The van der Waals surface area contributed by atoms with Gasteiger partial charge in [0.25, 0.3) is 5.56 Å². The Labute approximate surface area is 212 Å². The van der Waals surface area contributed by atoms with Gasteiger partial charge in [-0.25, -0.2) is 4.98 Å². The lowest BCUT2D eigenvalue weighted by molar-refractivity contribution is -0.124. The van der Waals surface area contributed by atoms with Crippen LogP contribution in [0, 0.1) is 0 Å². The minimum atomic E-state index is -4.29. The third-order valence-electron chi connectivity index (χ3n) is 5.27. The Morgan fingerprint density at radius 1 is 1.31 bits per heavy atom. The molecule has 1 N–H and O–H groups in total. The van der Waals surface area contributed by atoms with Gasteiger partial charge in [-0.1, -0.05) is 42.0 Å². The molecule has 5 nitrogen and oxygen atoms in total. The zero-order valence-corrected chi connectivity index (χ0v) is 21.6. The predicted molar refractivity (Wildman–Crippen MR) is 138 cm³/mol. The van der Waals surface area contributed by atoms with Gasteiger partial charge >= 0.3 is 6.18 Å². The highest BCUT2D eigenvalue weighted by molar-refractivity contribution is 6.33. The average molecular weight is 529 g/mol. The lowest BCUT2D eigenvalue weighted by Crippen LogP contribution is -2.32. The molecule has 0 aliphatic rings. The average Bonchev–Trinajstić information content (AvgIpc) is 3.10. The maximum absolute atomic E-state index is 13.1. The highest BCUT2D eigenvalue weighted by Crippen LogP contribution is 2.35. The molecular formula is C25H29Cl2F3N4O. The van der Waals surface area contributed by atoms with Crippen molar-refractivity contribution >= 4 is 34.4 Å². The maximum atomic E-state index is 13.1. The van der Waals surface area contributed by atoms with E-state index in [2.05, 4.69) is 16.9 Å². The number of alkyl halides is 4. The first-order valence-electron chi connectivity index (χ1n) is 10.9. The van der Waals surface area contributed by atoms with E-state index in [1.807, 2.05) is 45.0 Å². The van der Waals surface area contributed by atoms with Crippen LogP contribution in [0.4, 0.5) is 13.2 Å². The van der Waals surface area contributed by atoms with Gasteiger partial charge in [0.1, 0.15) is 0 Å². The zero-order chi connectivity index (χ0) is 26.3. The SMILES string of the molecule is C/C=C(\C)c1c(-c2ccccc2Cl)n(C)n2c(=O)c(CCNCC(F)(F)F)cnc12.C=CC(C)Cl. The van der Waals surface area contributed by atoms with Gasteiger partial charge in [-0.2, -0.15) is 17.7 Å². The molecule has 0 aliphatic heterocycles. The number of fused-ring (bicyclic) bond motifs is 1. The molecule has 1 unspecified atom stereocenters. The Hall–Kier alpha value is -2.55. The first-order valence-corrected chi connectivity index (χ1v) is 11.8. The fraction of sp³-hybridized carbons (Fsp3) is 0.360. The van der Waals surface area contributed by atoms with E-state index in [0.717, 1.165) is 22.4 Å². The van der Waals surface area contributed by atoms with Gasteiger partial charge < -0.3 is 5.32 Å². The number of benzene rings is 1. The molecule has 3 rings (SSSR count). The lowest BCUT2D eigenvalue weighted by atomic mass is 10.0. The molecule has 0 radical (unpaired) electrons. The quantitative estimate of drug-likeness (QED) is 0.223. The molecule has 2 aromatic heterocycles. The smallest absolute Gasteiger partial charge is 0.308 e. The van der Waals surface area contributed by atoms with Crippen molar-refractivity contribution in [1.82, 2.24) is 19.5 Å². The summed E-state index contributed by atoms with van der Waals surface area (Å²) in [4.78, 5) is 17.6. The van der Waals surface area contributed by atoms with Crippen molar-refractivity contribution in [3.63, 3.8) is 0 Å². The van der Waals surface area contributed by atoms with Crippen molar-refractivity contribution in [1.29, 1.82) is 0 Å². The van der Waals surface area contributed by atoms with Crippen molar-refractivity contribution < 1.29 is 13.2 Å². The molecule has 190 valence electrons.